The summed E-state index contributed by atoms with van der Waals surface area (Å²) in [7, 11) is 0. The molecule has 2 nitrogen and oxygen atoms in total. The molecule has 0 unspecified atom stereocenters. The van der Waals surface area contributed by atoms with Crippen LogP contribution in [0.2, 0.25) is 0 Å². The highest BCUT2D eigenvalue weighted by molar-refractivity contribution is 5.69. The third-order valence-corrected chi connectivity index (χ3v) is 7.22. The lowest BCUT2D eigenvalue weighted by Crippen LogP contribution is -2.25. The molecule has 0 N–H and O–H groups in total. The maximum absolute atomic E-state index is 15.0. The van der Waals surface area contributed by atoms with Crippen molar-refractivity contribution in [2.45, 2.75) is 38.7 Å². The zero-order valence-corrected chi connectivity index (χ0v) is 23.8. The van der Waals surface area contributed by atoms with Gasteiger partial charge in [-0.3, -0.25) is 4.98 Å². The summed E-state index contributed by atoms with van der Waals surface area (Å²) in [6.45, 7) is 2.13. The zero-order chi connectivity index (χ0) is 32.3. The number of ether oxygens (including phenoxy) is 1. The van der Waals surface area contributed by atoms with E-state index in [1.165, 1.54) is 0 Å². The largest absolute Gasteiger partial charge is 0.432 e. The van der Waals surface area contributed by atoms with Crippen LogP contribution in [-0.2, 0) is 12.5 Å². The predicted octanol–water partition coefficient (Wildman–Crippen LogP) is 10.8. The van der Waals surface area contributed by atoms with E-state index >= 15 is 0 Å². The molecule has 0 spiro atoms. The summed E-state index contributed by atoms with van der Waals surface area (Å²) in [4.78, 5) is 4.48. The van der Waals surface area contributed by atoms with Crippen LogP contribution in [0.25, 0.3) is 33.5 Å². The number of benzene rings is 4. The molecule has 5 aromatic rings. The van der Waals surface area contributed by atoms with Gasteiger partial charge < -0.3 is 4.74 Å². The van der Waals surface area contributed by atoms with Gasteiger partial charge in [0.05, 0.1) is 5.69 Å². The SMILES string of the molecule is CCCCCc1ccc(-c2ccc(-c3cc(F)c(C(F)(F)Oc4ccc(-c5cc(F)c(F)c(F)c5)c(F)c4)c(F)c3)cc2)nc1. The van der Waals surface area contributed by atoms with E-state index in [1.54, 1.807) is 30.5 Å². The van der Waals surface area contributed by atoms with E-state index in [1.807, 2.05) is 12.1 Å². The van der Waals surface area contributed by atoms with Gasteiger partial charge in [0.1, 0.15) is 28.8 Å². The van der Waals surface area contributed by atoms with Gasteiger partial charge in [-0.25, -0.2) is 26.3 Å². The highest BCUT2D eigenvalue weighted by atomic mass is 19.3. The van der Waals surface area contributed by atoms with Gasteiger partial charge in [0, 0.05) is 23.4 Å². The van der Waals surface area contributed by atoms with Crippen molar-refractivity contribution in [3.63, 3.8) is 0 Å². The van der Waals surface area contributed by atoms with Gasteiger partial charge in [0.15, 0.2) is 17.5 Å². The summed E-state index contributed by atoms with van der Waals surface area (Å²) in [6.07, 6.45) is 1.50. The lowest BCUT2D eigenvalue weighted by Gasteiger charge is -2.20. The standard InChI is InChI=1S/C35H25F8NO/c1-2-3-4-5-20-6-13-32(44-19-20)22-9-7-21(8-10-22)23-14-28(37)33(29(38)15-23)35(42,43)45-25-11-12-26(27(36)18-25)24-16-30(39)34(41)31(40)17-24/h6-19H,2-5H2,1H3. The highest BCUT2D eigenvalue weighted by Crippen LogP contribution is 2.38. The van der Waals surface area contributed by atoms with Gasteiger partial charge in [-0.2, -0.15) is 8.78 Å². The van der Waals surface area contributed by atoms with Crippen LogP contribution in [0.4, 0.5) is 35.1 Å². The molecular formula is C35H25F8NO. The molecule has 0 fully saturated rings. The third kappa shape index (κ3) is 7.00. The van der Waals surface area contributed by atoms with Crippen molar-refractivity contribution in [1.82, 2.24) is 4.98 Å². The van der Waals surface area contributed by atoms with Crippen LogP contribution in [0.15, 0.2) is 85.1 Å². The van der Waals surface area contributed by atoms with E-state index in [9.17, 15) is 35.1 Å². The molecule has 4 aromatic carbocycles. The van der Waals surface area contributed by atoms with Crippen molar-refractivity contribution in [3.8, 4) is 39.3 Å². The minimum atomic E-state index is -4.58. The van der Waals surface area contributed by atoms with Crippen LogP contribution in [0, 0.1) is 34.9 Å². The van der Waals surface area contributed by atoms with E-state index in [4.69, 9.17) is 0 Å². The Kier molecular flexibility index (Phi) is 9.22. The Balaban J connectivity index is 1.33. The molecule has 0 amide bonds. The molecule has 45 heavy (non-hydrogen) atoms. The summed E-state index contributed by atoms with van der Waals surface area (Å²) in [5, 5.41) is 0. The maximum atomic E-state index is 15.0. The summed E-state index contributed by atoms with van der Waals surface area (Å²) in [5.41, 5.74) is 0.367. The second-order valence-corrected chi connectivity index (χ2v) is 10.4. The van der Waals surface area contributed by atoms with Crippen molar-refractivity contribution in [2.24, 2.45) is 0 Å². The maximum Gasteiger partial charge on any atom is 0.432 e. The summed E-state index contributed by atoms with van der Waals surface area (Å²) in [5.74, 6) is -10.2. The highest BCUT2D eigenvalue weighted by Gasteiger charge is 2.41. The number of rotatable bonds is 10. The Morgan fingerprint density at radius 3 is 1.82 bits per heavy atom. The molecule has 5 rings (SSSR count). The first-order valence-electron chi connectivity index (χ1n) is 14.0. The van der Waals surface area contributed by atoms with E-state index in [2.05, 4.69) is 16.6 Å². The van der Waals surface area contributed by atoms with Gasteiger partial charge in [0.25, 0.3) is 0 Å². The van der Waals surface area contributed by atoms with Gasteiger partial charge in [-0.05, 0) is 77.6 Å². The van der Waals surface area contributed by atoms with Crippen LogP contribution in [-0.4, -0.2) is 4.98 Å². The minimum Gasteiger partial charge on any atom is -0.429 e. The predicted molar refractivity (Wildman–Crippen MR) is 154 cm³/mol. The van der Waals surface area contributed by atoms with Gasteiger partial charge >= 0.3 is 6.11 Å². The van der Waals surface area contributed by atoms with Crippen molar-refractivity contribution >= 4 is 0 Å². The van der Waals surface area contributed by atoms with Crippen molar-refractivity contribution in [3.05, 3.63) is 131 Å². The van der Waals surface area contributed by atoms with E-state index in [0.29, 0.717) is 29.5 Å². The first-order chi connectivity index (χ1) is 21.5. The van der Waals surface area contributed by atoms with Crippen LogP contribution < -0.4 is 4.74 Å². The number of aryl methyl sites for hydroxylation is 1. The van der Waals surface area contributed by atoms with E-state index < -0.39 is 63.5 Å². The monoisotopic (exact) mass is 627 g/mol. The molecule has 0 aliphatic heterocycles. The molecule has 1 aromatic heterocycles. The van der Waals surface area contributed by atoms with Crippen molar-refractivity contribution < 1.29 is 39.9 Å². The second-order valence-electron chi connectivity index (χ2n) is 10.4. The van der Waals surface area contributed by atoms with Crippen molar-refractivity contribution in [2.75, 3.05) is 0 Å². The second kappa shape index (κ2) is 13.1. The van der Waals surface area contributed by atoms with Crippen LogP contribution in [0.3, 0.4) is 0 Å². The molecule has 0 radical (unpaired) electrons. The van der Waals surface area contributed by atoms with E-state index in [0.717, 1.165) is 61.1 Å². The Morgan fingerprint density at radius 2 is 1.24 bits per heavy atom. The topological polar surface area (TPSA) is 22.1 Å². The fourth-order valence-electron chi connectivity index (χ4n) is 4.88. The lowest BCUT2D eigenvalue weighted by atomic mass is 10.00. The van der Waals surface area contributed by atoms with Gasteiger partial charge in [-0.1, -0.05) is 50.1 Å². The first kappa shape index (κ1) is 31.7. The molecule has 0 bridgehead atoms. The molecule has 0 aliphatic carbocycles. The Labute approximate surface area is 254 Å². The summed E-state index contributed by atoms with van der Waals surface area (Å²) in [6, 6.07) is 15.1. The Hall–Kier alpha value is -4.73. The van der Waals surface area contributed by atoms with Gasteiger partial charge in [-0.15, -0.1) is 0 Å². The van der Waals surface area contributed by atoms with Crippen molar-refractivity contribution in [1.29, 1.82) is 0 Å². The number of pyridine rings is 1. The average Bonchev–Trinajstić information content (AvgIpc) is 2.99. The fourth-order valence-corrected chi connectivity index (χ4v) is 4.88. The first-order valence-corrected chi connectivity index (χ1v) is 14.0. The third-order valence-electron chi connectivity index (χ3n) is 7.22. The number of hydrogen-bond acceptors (Lipinski definition) is 2. The molecule has 0 atom stereocenters. The van der Waals surface area contributed by atoms with Gasteiger partial charge in [0.2, 0.25) is 0 Å². The van der Waals surface area contributed by atoms with Crippen LogP contribution in [0.5, 0.6) is 5.75 Å². The summed E-state index contributed by atoms with van der Waals surface area (Å²) >= 11 is 0. The molecule has 0 saturated carbocycles. The van der Waals surface area contributed by atoms with E-state index in [-0.39, 0.29) is 5.56 Å². The molecular weight excluding hydrogens is 602 g/mol. The number of nitrogens with zero attached hydrogens (tertiary/aromatic N) is 1. The molecule has 0 saturated heterocycles. The van der Waals surface area contributed by atoms with Crippen LogP contribution in [0.1, 0.15) is 37.3 Å². The lowest BCUT2D eigenvalue weighted by molar-refractivity contribution is -0.189. The molecule has 0 aliphatic rings. The fraction of sp³-hybridized carbons (Fsp3) is 0.171. The average molecular weight is 628 g/mol. The Bertz CT molecular complexity index is 1780. The number of hydrogen-bond donors (Lipinski definition) is 0. The number of halogens is 8. The molecule has 1 heterocycles. The Morgan fingerprint density at radius 1 is 0.622 bits per heavy atom. The minimum absolute atomic E-state index is 0.00973. The number of aromatic nitrogens is 1. The quantitative estimate of drug-likeness (QED) is 0.0873. The van der Waals surface area contributed by atoms with Crippen LogP contribution >= 0.6 is 0 Å². The number of unbranched alkanes of at least 4 members (excludes halogenated alkanes) is 2. The molecule has 10 heteroatoms. The molecule has 232 valence electrons. The summed E-state index contributed by atoms with van der Waals surface area (Å²) < 4.78 is 119. The normalized spacial score (nSPS) is 11.6. The number of alkyl halides is 2. The zero-order valence-electron chi connectivity index (χ0n) is 23.8. The smallest absolute Gasteiger partial charge is 0.429 e.